The minimum Gasteiger partial charge on any atom is -0.480 e. The molecule has 17 heteroatoms. The minimum atomic E-state index is -1.17. The number of aromatic nitrogens is 4. The number of aliphatic carboxylic acids is 1. The Labute approximate surface area is 307 Å². The van der Waals surface area contributed by atoms with Gasteiger partial charge in [-0.25, -0.2) is 9.89 Å². The molecule has 1 aromatic heterocycles. The summed E-state index contributed by atoms with van der Waals surface area (Å²) in [6.45, 7) is 3.51. The number of ether oxygens (including phenoxy) is 4. The molecule has 0 spiro atoms. The van der Waals surface area contributed by atoms with Crippen molar-refractivity contribution < 1.29 is 48.0 Å². The van der Waals surface area contributed by atoms with Crippen molar-refractivity contribution in [3.63, 3.8) is 0 Å². The number of amides is 3. The van der Waals surface area contributed by atoms with Crippen LogP contribution in [0.15, 0.2) is 0 Å². The van der Waals surface area contributed by atoms with Gasteiger partial charge in [-0.2, -0.15) is 0 Å². The summed E-state index contributed by atoms with van der Waals surface area (Å²) in [7, 11) is 0. The largest absolute Gasteiger partial charge is 0.480 e. The highest BCUT2D eigenvalue weighted by Gasteiger charge is 2.20. The summed E-state index contributed by atoms with van der Waals surface area (Å²) in [5, 5.41) is 31.2. The molecule has 1 heterocycles. The molecule has 298 valence electrons. The van der Waals surface area contributed by atoms with E-state index in [1.54, 1.807) is 0 Å². The fourth-order valence-electron chi connectivity index (χ4n) is 5.09. The van der Waals surface area contributed by atoms with Crippen LogP contribution in [-0.2, 0) is 49.3 Å². The lowest BCUT2D eigenvalue weighted by Crippen LogP contribution is -2.41. The summed E-state index contributed by atoms with van der Waals surface area (Å²) in [5.74, 6) is -1.30. The van der Waals surface area contributed by atoms with Gasteiger partial charge in [-0.05, 0) is 36.6 Å². The molecule has 17 nitrogen and oxygen atoms in total. The first-order chi connectivity index (χ1) is 25.3. The Morgan fingerprint density at radius 1 is 0.635 bits per heavy atom. The van der Waals surface area contributed by atoms with Crippen molar-refractivity contribution in [1.82, 2.24) is 36.6 Å². The molecule has 0 aliphatic rings. The highest BCUT2D eigenvalue weighted by Crippen LogP contribution is 2.13. The molecule has 1 rings (SSSR count). The third-order valence-corrected chi connectivity index (χ3v) is 7.92. The van der Waals surface area contributed by atoms with Gasteiger partial charge in [-0.1, -0.05) is 70.6 Å². The van der Waals surface area contributed by atoms with Gasteiger partial charge >= 0.3 is 5.97 Å². The number of hydrogen-bond acceptors (Lipinski definition) is 12. The first-order valence-corrected chi connectivity index (χ1v) is 18.9. The van der Waals surface area contributed by atoms with Crippen LogP contribution in [0.3, 0.4) is 0 Å². The van der Waals surface area contributed by atoms with Crippen LogP contribution in [0.5, 0.6) is 0 Å². The number of aromatic amines is 1. The van der Waals surface area contributed by atoms with E-state index >= 15 is 0 Å². The number of carbonyl (C=O) groups is 5. The molecule has 0 bridgehead atoms. The fourth-order valence-corrected chi connectivity index (χ4v) is 5.09. The molecule has 0 saturated carbocycles. The van der Waals surface area contributed by atoms with Crippen LogP contribution in [0.2, 0.25) is 0 Å². The van der Waals surface area contributed by atoms with Crippen LogP contribution in [0.4, 0.5) is 0 Å². The van der Waals surface area contributed by atoms with Gasteiger partial charge in [0.1, 0.15) is 25.1 Å². The number of Topliss-reactive ketones (excluding diaryl/α,β-unsaturated/α-hetero) is 1. The predicted octanol–water partition coefficient (Wildman–Crippen LogP) is 2.44. The van der Waals surface area contributed by atoms with Gasteiger partial charge in [0.15, 0.2) is 5.78 Å². The zero-order valence-electron chi connectivity index (χ0n) is 31.1. The third kappa shape index (κ3) is 30.1. The second-order valence-electron chi connectivity index (χ2n) is 12.7. The second kappa shape index (κ2) is 33.3. The maximum atomic E-state index is 12.3. The highest BCUT2D eigenvalue weighted by molar-refractivity contribution is 5.84. The van der Waals surface area contributed by atoms with E-state index < -0.39 is 12.0 Å². The molecule has 0 aromatic carbocycles. The van der Waals surface area contributed by atoms with Crippen molar-refractivity contribution in [1.29, 1.82) is 0 Å². The van der Waals surface area contributed by atoms with Gasteiger partial charge < -0.3 is 40.0 Å². The number of unbranched alkanes of at least 4 members (excludes halogenated alkanes) is 12. The maximum Gasteiger partial charge on any atom is 0.326 e. The average molecular weight is 742 g/mol. The van der Waals surface area contributed by atoms with Crippen LogP contribution >= 0.6 is 0 Å². The van der Waals surface area contributed by atoms with Gasteiger partial charge in [0.2, 0.25) is 17.7 Å². The van der Waals surface area contributed by atoms with Crippen molar-refractivity contribution >= 4 is 29.5 Å². The lowest BCUT2D eigenvalue weighted by atomic mass is 10.0. The number of ketones is 1. The number of hydrogen-bond donors (Lipinski definition) is 5. The molecule has 0 aliphatic heterocycles. The molecule has 0 saturated heterocycles. The van der Waals surface area contributed by atoms with E-state index in [-0.39, 0.29) is 82.3 Å². The topological polar surface area (TPSA) is 233 Å². The fraction of sp³-hybridized carbons (Fsp3) is 0.829. The number of carbonyl (C=O) groups excluding carboxylic acids is 4. The normalized spacial score (nSPS) is 11.6. The van der Waals surface area contributed by atoms with Crippen molar-refractivity contribution in [3.05, 3.63) is 5.82 Å². The van der Waals surface area contributed by atoms with Crippen LogP contribution in [0.1, 0.15) is 115 Å². The number of rotatable bonds is 37. The Bertz CT molecular complexity index is 1080. The Morgan fingerprint density at radius 2 is 1.15 bits per heavy atom. The van der Waals surface area contributed by atoms with Gasteiger partial charge in [-0.3, -0.25) is 19.2 Å². The van der Waals surface area contributed by atoms with Crippen LogP contribution in [0.25, 0.3) is 0 Å². The standard InChI is InChI=1S/C35H63N7O10/c1-29(43)27-51-25-23-50-22-20-37-34(46)28-52-26-24-49-21-19-36-32(44)18-17-30(35(47)48)38-33(45)16-14-12-10-8-6-4-2-3-5-7-9-11-13-15-31-39-41-42-40-31/h30H,2-28H2,1H3,(H,36,44)(H,37,46)(H,38,45)(H,47,48)(H,39,40,41,42)/t30-/m0/s1. The van der Waals surface area contributed by atoms with Gasteiger partial charge in [-0.15, -0.1) is 5.10 Å². The first kappa shape index (κ1) is 46.5. The van der Waals surface area contributed by atoms with Gasteiger partial charge in [0.05, 0.1) is 39.6 Å². The highest BCUT2D eigenvalue weighted by atomic mass is 16.5. The molecular weight excluding hydrogens is 678 g/mol. The SMILES string of the molecule is CC(=O)COCCOCCNC(=O)COCCOCCNC(=O)CC[C@H](NC(=O)CCCCCCCCCCCCCCCc1nnn[nH]1)C(=O)O. The van der Waals surface area contributed by atoms with Crippen LogP contribution < -0.4 is 16.0 Å². The summed E-state index contributed by atoms with van der Waals surface area (Å²) in [5.41, 5.74) is 0. The van der Waals surface area contributed by atoms with Crippen molar-refractivity contribution in [2.24, 2.45) is 0 Å². The quantitative estimate of drug-likeness (QED) is 0.0618. The molecule has 0 unspecified atom stereocenters. The number of H-pyrrole nitrogens is 1. The van der Waals surface area contributed by atoms with E-state index in [4.69, 9.17) is 18.9 Å². The first-order valence-electron chi connectivity index (χ1n) is 18.9. The van der Waals surface area contributed by atoms with Crippen molar-refractivity contribution in [2.75, 3.05) is 65.9 Å². The van der Waals surface area contributed by atoms with E-state index in [0.29, 0.717) is 32.8 Å². The molecule has 1 aromatic rings. The molecular formula is C35H63N7O10. The van der Waals surface area contributed by atoms with E-state index in [1.165, 1.54) is 58.3 Å². The molecule has 1 atom stereocenters. The number of carboxylic acids is 1. The second-order valence-corrected chi connectivity index (χ2v) is 12.7. The summed E-state index contributed by atoms with van der Waals surface area (Å²) in [4.78, 5) is 58.5. The molecule has 0 radical (unpaired) electrons. The summed E-state index contributed by atoms with van der Waals surface area (Å²) < 4.78 is 21.0. The number of aryl methyl sites for hydroxylation is 1. The van der Waals surface area contributed by atoms with Crippen LogP contribution in [-0.4, -0.2) is 127 Å². The number of carboxylic acid groups (broad SMARTS) is 1. The van der Waals surface area contributed by atoms with Gasteiger partial charge in [0, 0.05) is 32.4 Å². The number of nitrogens with one attached hydrogen (secondary N) is 4. The summed E-state index contributed by atoms with van der Waals surface area (Å²) in [6, 6.07) is -1.12. The van der Waals surface area contributed by atoms with Crippen LogP contribution in [0, 0.1) is 0 Å². The smallest absolute Gasteiger partial charge is 0.326 e. The summed E-state index contributed by atoms with van der Waals surface area (Å²) >= 11 is 0. The van der Waals surface area contributed by atoms with E-state index in [1.807, 2.05) is 0 Å². The van der Waals surface area contributed by atoms with Crippen molar-refractivity contribution in [2.45, 2.75) is 122 Å². The van der Waals surface area contributed by atoms with E-state index in [2.05, 4.69) is 36.6 Å². The average Bonchev–Trinajstić information content (AvgIpc) is 3.64. The predicted molar refractivity (Wildman–Crippen MR) is 191 cm³/mol. The Hall–Kier alpha value is -3.54. The molecule has 52 heavy (non-hydrogen) atoms. The monoisotopic (exact) mass is 741 g/mol. The van der Waals surface area contributed by atoms with E-state index in [0.717, 1.165) is 37.9 Å². The zero-order chi connectivity index (χ0) is 37.9. The molecule has 0 aliphatic carbocycles. The third-order valence-electron chi connectivity index (χ3n) is 7.92. The number of tetrazole rings is 1. The molecule has 0 fully saturated rings. The lowest BCUT2D eigenvalue weighted by molar-refractivity contribution is -0.142. The zero-order valence-corrected chi connectivity index (χ0v) is 31.1. The maximum absolute atomic E-state index is 12.3. The summed E-state index contributed by atoms with van der Waals surface area (Å²) in [6.07, 6.45) is 16.1. The Kier molecular flexibility index (Phi) is 29.8. The molecule has 3 amide bonds. The Morgan fingerprint density at radius 3 is 1.69 bits per heavy atom. The Balaban J connectivity index is 1.90. The van der Waals surface area contributed by atoms with Gasteiger partial charge in [0.25, 0.3) is 0 Å². The van der Waals surface area contributed by atoms with Crippen molar-refractivity contribution in [3.8, 4) is 0 Å². The number of nitrogens with zero attached hydrogens (tertiary/aromatic N) is 3. The molecule has 5 N–H and O–H groups in total. The lowest BCUT2D eigenvalue weighted by Gasteiger charge is -2.14. The van der Waals surface area contributed by atoms with E-state index in [9.17, 15) is 29.1 Å². The minimum absolute atomic E-state index is 0.00699.